The second kappa shape index (κ2) is 7.38. The van der Waals surface area contributed by atoms with Gasteiger partial charge in [0.25, 0.3) is 10.1 Å². The quantitative estimate of drug-likeness (QED) is 0.820. The van der Waals surface area contributed by atoms with Crippen molar-refractivity contribution in [3.63, 3.8) is 0 Å². The van der Waals surface area contributed by atoms with Crippen LogP contribution in [-0.4, -0.2) is 26.2 Å². The topological polar surface area (TPSA) is 63.6 Å². The van der Waals surface area contributed by atoms with Crippen LogP contribution in [0.25, 0.3) is 0 Å². The van der Waals surface area contributed by atoms with Gasteiger partial charge in [-0.25, -0.2) is 0 Å². The smallest absolute Gasteiger partial charge is 0.297 e. The van der Waals surface area contributed by atoms with Gasteiger partial charge in [0.1, 0.15) is 0 Å². The first-order valence-corrected chi connectivity index (χ1v) is 9.02. The number of hydrogen-bond donors (Lipinski definition) is 1. The zero-order chi connectivity index (χ0) is 15.3. The summed E-state index contributed by atoms with van der Waals surface area (Å²) in [6.45, 7) is 1.73. The second-order valence-corrected chi connectivity index (χ2v) is 7.56. The number of hydrogen-bond acceptors (Lipinski definition) is 4. The summed E-state index contributed by atoms with van der Waals surface area (Å²) in [5.74, 6) is 0.499. The van der Waals surface area contributed by atoms with Crippen LogP contribution in [0, 0.1) is 12.8 Å². The number of aliphatic hydroxyl groups is 1. The summed E-state index contributed by atoms with van der Waals surface area (Å²) in [5, 5.41) is 9.97. The van der Waals surface area contributed by atoms with Gasteiger partial charge in [-0.2, -0.15) is 8.42 Å². The van der Waals surface area contributed by atoms with Gasteiger partial charge in [-0.05, 0) is 31.4 Å². The van der Waals surface area contributed by atoms with Crippen molar-refractivity contribution in [1.29, 1.82) is 0 Å². The van der Waals surface area contributed by atoms with Crippen LogP contribution in [-0.2, 0) is 14.3 Å². The monoisotopic (exact) mass is 312 g/mol. The Morgan fingerprint density at radius 2 is 1.81 bits per heavy atom. The van der Waals surface area contributed by atoms with Gasteiger partial charge in [0, 0.05) is 0 Å². The molecule has 1 N–H and O–H groups in total. The van der Waals surface area contributed by atoms with Crippen LogP contribution >= 0.6 is 0 Å². The van der Waals surface area contributed by atoms with Crippen molar-refractivity contribution in [3.8, 4) is 0 Å². The van der Waals surface area contributed by atoms with Crippen molar-refractivity contribution < 1.29 is 17.7 Å². The Morgan fingerprint density at radius 3 is 2.43 bits per heavy atom. The van der Waals surface area contributed by atoms with Gasteiger partial charge in [0.05, 0.1) is 17.6 Å². The van der Waals surface area contributed by atoms with Gasteiger partial charge in [0.2, 0.25) is 0 Å². The van der Waals surface area contributed by atoms with Crippen LogP contribution in [0.5, 0.6) is 0 Å². The molecule has 21 heavy (non-hydrogen) atoms. The van der Waals surface area contributed by atoms with E-state index in [1.165, 1.54) is 31.4 Å². The molecule has 4 nitrogen and oxygen atoms in total. The lowest BCUT2D eigenvalue weighted by atomic mass is 9.85. The van der Waals surface area contributed by atoms with Crippen molar-refractivity contribution in [2.75, 3.05) is 6.61 Å². The van der Waals surface area contributed by atoms with Crippen LogP contribution in [0.4, 0.5) is 0 Å². The van der Waals surface area contributed by atoms with Crippen molar-refractivity contribution in [2.24, 2.45) is 5.92 Å². The lowest BCUT2D eigenvalue weighted by Gasteiger charge is -2.23. The molecule has 0 spiro atoms. The van der Waals surface area contributed by atoms with E-state index in [1.807, 2.05) is 6.92 Å². The van der Waals surface area contributed by atoms with Crippen LogP contribution in [0.2, 0.25) is 0 Å². The predicted octanol–water partition coefficient (Wildman–Crippen LogP) is 3.03. The van der Waals surface area contributed by atoms with E-state index in [1.54, 1.807) is 12.1 Å². The van der Waals surface area contributed by atoms with Crippen molar-refractivity contribution in [1.82, 2.24) is 0 Å². The van der Waals surface area contributed by atoms with E-state index in [2.05, 4.69) is 0 Å². The molecule has 5 heteroatoms. The van der Waals surface area contributed by atoms with E-state index in [9.17, 15) is 13.5 Å². The molecule has 2 rings (SSSR count). The molecule has 1 saturated carbocycles. The van der Waals surface area contributed by atoms with Crippen LogP contribution in [0.15, 0.2) is 29.2 Å². The molecular formula is C16H24O4S. The Morgan fingerprint density at radius 1 is 1.19 bits per heavy atom. The first-order chi connectivity index (χ1) is 9.97. The van der Waals surface area contributed by atoms with E-state index < -0.39 is 16.2 Å². The molecule has 1 aromatic carbocycles. The van der Waals surface area contributed by atoms with Crippen molar-refractivity contribution >= 4 is 10.1 Å². The summed E-state index contributed by atoms with van der Waals surface area (Å²) in [6, 6.07) is 6.51. The average Bonchev–Trinajstić information content (AvgIpc) is 2.47. The molecule has 1 aliphatic rings. The highest BCUT2D eigenvalue weighted by atomic mass is 32.2. The zero-order valence-electron chi connectivity index (χ0n) is 12.5. The lowest BCUT2D eigenvalue weighted by molar-refractivity contribution is 0.0806. The van der Waals surface area contributed by atoms with Gasteiger partial charge >= 0.3 is 0 Å². The highest BCUT2D eigenvalue weighted by Gasteiger charge is 2.21. The van der Waals surface area contributed by atoms with Gasteiger partial charge in [-0.3, -0.25) is 4.18 Å². The molecule has 1 atom stereocenters. The number of rotatable bonds is 6. The lowest BCUT2D eigenvalue weighted by Crippen LogP contribution is -2.23. The first kappa shape index (κ1) is 16.5. The molecule has 0 radical (unpaired) electrons. The molecule has 0 aliphatic heterocycles. The Balaban J connectivity index is 1.84. The second-order valence-electron chi connectivity index (χ2n) is 5.95. The van der Waals surface area contributed by atoms with Gasteiger partial charge in [-0.15, -0.1) is 0 Å². The fraction of sp³-hybridized carbons (Fsp3) is 0.625. The summed E-state index contributed by atoms with van der Waals surface area (Å²) in [4.78, 5) is 0.137. The molecule has 1 aliphatic carbocycles. The minimum Gasteiger partial charge on any atom is -0.391 e. The summed E-state index contributed by atoms with van der Waals surface area (Å²) in [5.41, 5.74) is 0.992. The summed E-state index contributed by atoms with van der Waals surface area (Å²) in [7, 11) is -3.77. The van der Waals surface area contributed by atoms with Gasteiger partial charge in [0.15, 0.2) is 0 Å². The maximum Gasteiger partial charge on any atom is 0.297 e. The van der Waals surface area contributed by atoms with E-state index >= 15 is 0 Å². The van der Waals surface area contributed by atoms with Crippen molar-refractivity contribution in [3.05, 3.63) is 29.8 Å². The maximum atomic E-state index is 12.0. The fourth-order valence-corrected chi connectivity index (χ4v) is 3.76. The molecule has 0 amide bonds. The molecular weight excluding hydrogens is 288 g/mol. The number of benzene rings is 1. The van der Waals surface area contributed by atoms with Gasteiger partial charge in [-0.1, -0.05) is 49.8 Å². The minimum absolute atomic E-state index is 0.137. The molecule has 0 aromatic heterocycles. The third-order valence-electron chi connectivity index (χ3n) is 4.06. The number of aryl methyl sites for hydroxylation is 1. The normalized spacial score (nSPS) is 18.6. The van der Waals surface area contributed by atoms with Crippen LogP contribution < -0.4 is 0 Å². The van der Waals surface area contributed by atoms with E-state index in [4.69, 9.17) is 4.18 Å². The Kier molecular flexibility index (Phi) is 5.79. The molecule has 1 aromatic rings. The Labute approximate surface area is 127 Å². The number of aliphatic hydroxyl groups excluding tert-OH is 1. The summed E-state index contributed by atoms with van der Waals surface area (Å²) < 4.78 is 29.0. The molecule has 0 saturated heterocycles. The van der Waals surface area contributed by atoms with Crippen LogP contribution in [0.1, 0.15) is 44.1 Å². The third kappa shape index (κ3) is 5.09. The highest BCUT2D eigenvalue weighted by molar-refractivity contribution is 7.86. The molecule has 0 heterocycles. The first-order valence-electron chi connectivity index (χ1n) is 7.61. The fourth-order valence-electron chi connectivity index (χ4n) is 2.82. The minimum atomic E-state index is -3.77. The van der Waals surface area contributed by atoms with Crippen LogP contribution in [0.3, 0.4) is 0 Å². The Hall–Kier alpha value is -0.910. The average molecular weight is 312 g/mol. The zero-order valence-corrected chi connectivity index (χ0v) is 13.3. The highest BCUT2D eigenvalue weighted by Crippen LogP contribution is 2.27. The molecule has 0 bridgehead atoms. The molecule has 0 unspecified atom stereocenters. The van der Waals surface area contributed by atoms with E-state index in [0.717, 1.165) is 18.4 Å². The predicted molar refractivity (Wildman–Crippen MR) is 81.5 cm³/mol. The standard InChI is InChI=1S/C16H24O4S/c1-13-7-9-16(10-8-13)21(18,19)20-12-15(17)11-14-5-3-2-4-6-14/h7-10,14-15,17H,2-6,11-12H2,1H3/t15-/m0/s1. The SMILES string of the molecule is Cc1ccc(S(=O)(=O)OC[C@@H](O)CC2CCCCC2)cc1. The van der Waals surface area contributed by atoms with Gasteiger partial charge < -0.3 is 5.11 Å². The van der Waals surface area contributed by atoms with Crippen molar-refractivity contribution in [2.45, 2.75) is 56.4 Å². The maximum absolute atomic E-state index is 12.0. The Bertz CT molecular complexity index is 530. The van der Waals surface area contributed by atoms with E-state index in [0.29, 0.717) is 12.3 Å². The molecule has 118 valence electrons. The van der Waals surface area contributed by atoms with E-state index in [-0.39, 0.29) is 11.5 Å². The molecule has 1 fully saturated rings. The largest absolute Gasteiger partial charge is 0.391 e. The third-order valence-corrected chi connectivity index (χ3v) is 5.35. The summed E-state index contributed by atoms with van der Waals surface area (Å²) >= 11 is 0. The summed E-state index contributed by atoms with van der Waals surface area (Å²) in [6.07, 6.45) is 5.85.